The largest absolute Gasteiger partial charge is 0.226 e. The van der Waals surface area contributed by atoms with Gasteiger partial charge in [0.05, 0.1) is 5.69 Å². The van der Waals surface area contributed by atoms with Crippen LogP contribution >= 0.6 is 11.6 Å². The van der Waals surface area contributed by atoms with E-state index in [9.17, 15) is 4.39 Å². The average molecular weight is 237 g/mol. The van der Waals surface area contributed by atoms with Gasteiger partial charge >= 0.3 is 0 Å². The van der Waals surface area contributed by atoms with E-state index in [1.807, 2.05) is 13.8 Å². The number of rotatable bonds is 1. The Bertz CT molecular complexity index is 541. The van der Waals surface area contributed by atoms with E-state index in [-0.39, 0.29) is 11.1 Å². The molecule has 82 valence electrons. The Labute approximate surface area is 98.1 Å². The summed E-state index contributed by atoms with van der Waals surface area (Å²) >= 11 is 5.75. The standard InChI is InChI=1S/C12H10ClFN2/c1-7-5-9(14)3-4-10(7)11-8(2)6-15-12(13)16-11/h3-6H,1-2H3. The summed E-state index contributed by atoms with van der Waals surface area (Å²) < 4.78 is 13.0. The van der Waals surface area contributed by atoms with E-state index in [4.69, 9.17) is 11.6 Å². The first-order valence-electron chi connectivity index (χ1n) is 4.83. The minimum absolute atomic E-state index is 0.198. The maximum Gasteiger partial charge on any atom is 0.222 e. The van der Waals surface area contributed by atoms with Crippen molar-refractivity contribution in [2.45, 2.75) is 13.8 Å². The smallest absolute Gasteiger partial charge is 0.222 e. The highest BCUT2D eigenvalue weighted by Crippen LogP contribution is 2.25. The molecule has 0 aliphatic rings. The number of aryl methyl sites for hydroxylation is 2. The lowest BCUT2D eigenvalue weighted by Gasteiger charge is -2.08. The van der Waals surface area contributed by atoms with Crippen LogP contribution in [0.1, 0.15) is 11.1 Å². The summed E-state index contributed by atoms with van der Waals surface area (Å²) in [5, 5.41) is 0.198. The molecule has 4 heteroatoms. The quantitative estimate of drug-likeness (QED) is 0.708. The van der Waals surface area contributed by atoms with Crippen LogP contribution in [-0.4, -0.2) is 9.97 Å². The fourth-order valence-electron chi connectivity index (χ4n) is 1.59. The van der Waals surface area contributed by atoms with Crippen molar-refractivity contribution in [3.8, 4) is 11.3 Å². The Hall–Kier alpha value is -1.48. The van der Waals surface area contributed by atoms with Crippen LogP contribution in [0.15, 0.2) is 24.4 Å². The molecule has 0 spiro atoms. The van der Waals surface area contributed by atoms with Gasteiger partial charge in [0, 0.05) is 11.8 Å². The molecule has 2 nitrogen and oxygen atoms in total. The molecule has 0 unspecified atom stereocenters. The molecule has 16 heavy (non-hydrogen) atoms. The second-order valence-electron chi connectivity index (χ2n) is 3.63. The normalized spacial score (nSPS) is 10.5. The molecule has 0 amide bonds. The molecule has 0 atom stereocenters. The Morgan fingerprint density at radius 1 is 1.19 bits per heavy atom. The fourth-order valence-corrected chi connectivity index (χ4v) is 1.72. The molecule has 0 saturated carbocycles. The third-order valence-electron chi connectivity index (χ3n) is 2.39. The number of benzene rings is 1. The number of nitrogens with zero attached hydrogens (tertiary/aromatic N) is 2. The van der Waals surface area contributed by atoms with Crippen molar-refractivity contribution in [1.29, 1.82) is 0 Å². The monoisotopic (exact) mass is 236 g/mol. The predicted molar refractivity (Wildman–Crippen MR) is 61.9 cm³/mol. The SMILES string of the molecule is Cc1cc(F)ccc1-c1nc(Cl)ncc1C. The van der Waals surface area contributed by atoms with Gasteiger partial charge in [0.25, 0.3) is 0 Å². The zero-order chi connectivity index (χ0) is 11.7. The molecule has 0 bridgehead atoms. The van der Waals surface area contributed by atoms with Gasteiger partial charge in [-0.15, -0.1) is 0 Å². The molecule has 0 aliphatic heterocycles. The summed E-state index contributed by atoms with van der Waals surface area (Å²) in [7, 11) is 0. The van der Waals surface area contributed by atoms with Crippen molar-refractivity contribution in [2.75, 3.05) is 0 Å². The number of aromatic nitrogens is 2. The van der Waals surface area contributed by atoms with E-state index in [1.54, 1.807) is 12.3 Å². The lowest BCUT2D eigenvalue weighted by molar-refractivity contribution is 0.627. The molecule has 0 fully saturated rings. The minimum atomic E-state index is -0.251. The highest BCUT2D eigenvalue weighted by atomic mass is 35.5. The Morgan fingerprint density at radius 2 is 1.94 bits per heavy atom. The molecular formula is C12H10ClFN2. The molecule has 2 aromatic rings. The highest BCUT2D eigenvalue weighted by molar-refractivity contribution is 6.28. The fraction of sp³-hybridized carbons (Fsp3) is 0.167. The first kappa shape index (κ1) is 11.0. The third-order valence-corrected chi connectivity index (χ3v) is 2.57. The lowest BCUT2D eigenvalue weighted by Crippen LogP contribution is -1.94. The van der Waals surface area contributed by atoms with Gasteiger partial charge in [-0.1, -0.05) is 0 Å². The van der Waals surface area contributed by atoms with E-state index in [0.29, 0.717) is 0 Å². The summed E-state index contributed by atoms with van der Waals surface area (Å²) in [6, 6.07) is 4.60. The summed E-state index contributed by atoms with van der Waals surface area (Å²) in [4.78, 5) is 8.06. The molecule has 1 aromatic heterocycles. The van der Waals surface area contributed by atoms with Crippen LogP contribution in [0.4, 0.5) is 4.39 Å². The molecule has 0 N–H and O–H groups in total. The van der Waals surface area contributed by atoms with Crippen LogP contribution in [0.2, 0.25) is 5.28 Å². The van der Waals surface area contributed by atoms with Gasteiger partial charge in [-0.2, -0.15) is 0 Å². The van der Waals surface area contributed by atoms with Crippen molar-refractivity contribution in [2.24, 2.45) is 0 Å². The van der Waals surface area contributed by atoms with E-state index in [0.717, 1.165) is 22.4 Å². The molecule has 0 saturated heterocycles. The van der Waals surface area contributed by atoms with Crippen LogP contribution in [-0.2, 0) is 0 Å². The van der Waals surface area contributed by atoms with Crippen LogP contribution in [0.5, 0.6) is 0 Å². The van der Waals surface area contributed by atoms with Gasteiger partial charge < -0.3 is 0 Å². The van der Waals surface area contributed by atoms with E-state index in [2.05, 4.69) is 9.97 Å². The summed E-state index contributed by atoms with van der Waals surface area (Å²) in [5.74, 6) is -0.251. The van der Waals surface area contributed by atoms with Crippen LogP contribution < -0.4 is 0 Å². The van der Waals surface area contributed by atoms with Crippen LogP contribution in [0.25, 0.3) is 11.3 Å². The zero-order valence-electron chi connectivity index (χ0n) is 8.96. The van der Waals surface area contributed by atoms with Crippen molar-refractivity contribution >= 4 is 11.6 Å². The van der Waals surface area contributed by atoms with Gasteiger partial charge in [-0.25, -0.2) is 14.4 Å². The minimum Gasteiger partial charge on any atom is -0.226 e. The highest BCUT2D eigenvalue weighted by Gasteiger charge is 2.08. The maximum atomic E-state index is 13.0. The van der Waals surface area contributed by atoms with Crippen molar-refractivity contribution in [1.82, 2.24) is 9.97 Å². The van der Waals surface area contributed by atoms with E-state index < -0.39 is 0 Å². The maximum absolute atomic E-state index is 13.0. The second kappa shape index (κ2) is 4.18. The summed E-state index contributed by atoms with van der Waals surface area (Å²) in [6.07, 6.45) is 1.66. The Kier molecular flexibility index (Phi) is 2.88. The average Bonchev–Trinajstić information content (AvgIpc) is 2.22. The molecule has 1 aromatic carbocycles. The lowest BCUT2D eigenvalue weighted by atomic mass is 10.0. The number of halogens is 2. The first-order chi connectivity index (χ1) is 7.58. The second-order valence-corrected chi connectivity index (χ2v) is 3.97. The van der Waals surface area contributed by atoms with Gasteiger partial charge in [-0.05, 0) is 54.8 Å². The Balaban J connectivity index is 2.62. The van der Waals surface area contributed by atoms with Gasteiger partial charge in [-0.3, -0.25) is 0 Å². The Morgan fingerprint density at radius 3 is 2.62 bits per heavy atom. The molecular weight excluding hydrogens is 227 g/mol. The van der Waals surface area contributed by atoms with E-state index >= 15 is 0 Å². The van der Waals surface area contributed by atoms with Gasteiger partial charge in [0.15, 0.2) is 0 Å². The molecule has 0 radical (unpaired) electrons. The van der Waals surface area contributed by atoms with Crippen molar-refractivity contribution < 1.29 is 4.39 Å². The van der Waals surface area contributed by atoms with Crippen molar-refractivity contribution in [3.05, 3.63) is 46.6 Å². The van der Waals surface area contributed by atoms with Crippen molar-refractivity contribution in [3.63, 3.8) is 0 Å². The predicted octanol–water partition coefficient (Wildman–Crippen LogP) is 3.55. The number of hydrogen-bond acceptors (Lipinski definition) is 2. The molecule has 2 rings (SSSR count). The summed E-state index contributed by atoms with van der Waals surface area (Å²) in [5.41, 5.74) is 3.37. The number of hydrogen-bond donors (Lipinski definition) is 0. The van der Waals surface area contributed by atoms with Gasteiger partial charge in [0.1, 0.15) is 5.82 Å². The van der Waals surface area contributed by atoms with Gasteiger partial charge in [0.2, 0.25) is 5.28 Å². The zero-order valence-corrected chi connectivity index (χ0v) is 9.72. The third kappa shape index (κ3) is 2.04. The summed E-state index contributed by atoms with van der Waals surface area (Å²) in [6.45, 7) is 3.74. The first-order valence-corrected chi connectivity index (χ1v) is 5.21. The van der Waals surface area contributed by atoms with Crippen LogP contribution in [0.3, 0.4) is 0 Å². The van der Waals surface area contributed by atoms with E-state index in [1.165, 1.54) is 12.1 Å². The topological polar surface area (TPSA) is 25.8 Å². The molecule has 1 heterocycles. The van der Waals surface area contributed by atoms with Crippen LogP contribution in [0, 0.1) is 19.7 Å². The molecule has 0 aliphatic carbocycles.